The van der Waals surface area contributed by atoms with E-state index in [4.69, 9.17) is 0 Å². The van der Waals surface area contributed by atoms with Crippen LogP contribution >= 0.6 is 11.8 Å². The van der Waals surface area contributed by atoms with E-state index in [1.54, 1.807) is 30.3 Å². The minimum atomic E-state index is -0.679. The lowest BCUT2D eigenvalue weighted by atomic mass is 10.2. The van der Waals surface area contributed by atoms with Crippen molar-refractivity contribution in [2.75, 3.05) is 25.4 Å². The smallest absolute Gasteiger partial charge is 0.330 e. The summed E-state index contributed by atoms with van der Waals surface area (Å²) in [4.78, 5) is 57.9. The van der Waals surface area contributed by atoms with Crippen molar-refractivity contribution < 1.29 is 28.7 Å². The molecule has 0 aliphatic rings. The lowest BCUT2D eigenvalue weighted by Crippen LogP contribution is -2.43. The second kappa shape index (κ2) is 12.3. The van der Waals surface area contributed by atoms with E-state index in [2.05, 4.69) is 27.3 Å². The normalized spacial score (nSPS) is 9.75. The molecule has 0 fully saturated rings. The Kier molecular flexibility index (Phi) is 10.0. The first-order valence-corrected chi connectivity index (χ1v) is 9.15. The summed E-state index contributed by atoms with van der Waals surface area (Å²) in [7, 11) is 0. The van der Waals surface area contributed by atoms with Crippen LogP contribution in [-0.4, -0.2) is 54.2 Å². The average molecular weight is 407 g/mol. The van der Waals surface area contributed by atoms with Gasteiger partial charge in [0.25, 0.3) is 0 Å². The highest BCUT2D eigenvalue weighted by atomic mass is 32.2. The molecule has 0 unspecified atom stereocenters. The van der Waals surface area contributed by atoms with Gasteiger partial charge >= 0.3 is 5.97 Å². The molecule has 1 aromatic carbocycles. The number of nitrogens with one attached hydrogen (secondary N) is 3. The molecule has 0 bridgehead atoms. The highest BCUT2D eigenvalue weighted by molar-refractivity contribution is 8.14. The summed E-state index contributed by atoms with van der Waals surface area (Å²) in [5.74, 6) is -2.29. The van der Waals surface area contributed by atoms with Crippen LogP contribution in [0.4, 0.5) is 0 Å². The maximum atomic E-state index is 11.9. The predicted molar refractivity (Wildman–Crippen MR) is 103 cm³/mol. The lowest BCUT2D eigenvalue weighted by Gasteiger charge is -2.08. The van der Waals surface area contributed by atoms with E-state index < -0.39 is 23.7 Å². The molecule has 0 saturated carbocycles. The summed E-state index contributed by atoms with van der Waals surface area (Å²) in [5.41, 5.74) is 0.483. The van der Waals surface area contributed by atoms with Gasteiger partial charge in [-0.2, -0.15) is 0 Å². The zero-order chi connectivity index (χ0) is 20.9. The maximum Gasteiger partial charge on any atom is 0.330 e. The Morgan fingerprint density at radius 3 is 2.00 bits per heavy atom. The van der Waals surface area contributed by atoms with Crippen LogP contribution in [0.15, 0.2) is 42.7 Å². The number of ether oxygens (including phenoxy) is 1. The van der Waals surface area contributed by atoms with Gasteiger partial charge in [0.1, 0.15) is 6.54 Å². The molecule has 9 nitrogen and oxygen atoms in total. The van der Waals surface area contributed by atoms with Crippen LogP contribution in [0.1, 0.15) is 17.3 Å². The number of allylic oxidation sites excluding steroid dienone is 1. The number of thioether (sulfide) groups is 1. The number of amides is 3. The first-order chi connectivity index (χ1) is 13.3. The Bertz CT molecular complexity index is 751. The first-order valence-electron chi connectivity index (χ1n) is 8.16. The fourth-order valence-electron chi connectivity index (χ4n) is 1.72. The van der Waals surface area contributed by atoms with Crippen molar-refractivity contribution in [3.63, 3.8) is 0 Å². The van der Waals surface area contributed by atoms with E-state index >= 15 is 0 Å². The molecule has 0 radical (unpaired) electrons. The quantitative estimate of drug-likeness (QED) is 0.367. The predicted octanol–water partition coefficient (Wildman–Crippen LogP) is -0.0146. The number of rotatable bonds is 10. The van der Waals surface area contributed by atoms with Crippen LogP contribution < -0.4 is 16.0 Å². The standard InChI is InChI=1S/C18H21N3O6S/c1-12(2)27-17(25)10-21-15(23)8-19-14(22)9-20-16(24)11-28-18(26)13-6-4-3-5-7-13/h3-7H,1,8-11H2,2H3,(H,19,22)(H,20,24)(H,21,23). The maximum absolute atomic E-state index is 11.9. The molecular weight excluding hydrogens is 386 g/mol. The number of esters is 1. The van der Waals surface area contributed by atoms with Crippen molar-refractivity contribution in [1.82, 2.24) is 16.0 Å². The number of carbonyl (C=O) groups excluding carboxylic acids is 5. The monoisotopic (exact) mass is 407 g/mol. The van der Waals surface area contributed by atoms with Crippen molar-refractivity contribution in [3.05, 3.63) is 48.2 Å². The summed E-state index contributed by atoms with van der Waals surface area (Å²) in [5, 5.41) is 6.64. The summed E-state index contributed by atoms with van der Waals surface area (Å²) in [6.07, 6.45) is 0. The topological polar surface area (TPSA) is 131 Å². The summed E-state index contributed by atoms with van der Waals surface area (Å²) >= 11 is 0.824. The molecule has 0 heterocycles. The zero-order valence-electron chi connectivity index (χ0n) is 15.3. The second-order valence-electron chi connectivity index (χ2n) is 5.45. The Labute approximate surface area is 166 Å². The molecule has 1 aromatic rings. The van der Waals surface area contributed by atoms with Gasteiger partial charge in [-0.1, -0.05) is 48.7 Å². The minimum Gasteiger partial charge on any atom is -0.431 e. The van der Waals surface area contributed by atoms with E-state index in [0.29, 0.717) is 5.56 Å². The second-order valence-corrected chi connectivity index (χ2v) is 6.40. The van der Waals surface area contributed by atoms with Gasteiger partial charge in [0.2, 0.25) is 22.8 Å². The summed E-state index contributed by atoms with van der Waals surface area (Å²) in [6, 6.07) is 8.50. The zero-order valence-corrected chi connectivity index (χ0v) is 16.1. The lowest BCUT2D eigenvalue weighted by molar-refractivity contribution is -0.139. The van der Waals surface area contributed by atoms with Crippen molar-refractivity contribution in [2.45, 2.75) is 6.92 Å². The molecule has 150 valence electrons. The third-order valence-electron chi connectivity index (χ3n) is 2.95. The molecule has 0 aliphatic heterocycles. The van der Waals surface area contributed by atoms with Crippen LogP contribution in [0.25, 0.3) is 0 Å². The molecule has 1 rings (SSSR count). The highest BCUT2D eigenvalue weighted by Gasteiger charge is 2.12. The SMILES string of the molecule is C=C(C)OC(=O)CNC(=O)CNC(=O)CNC(=O)CSC(=O)c1ccccc1. The fourth-order valence-corrected chi connectivity index (χ4v) is 2.39. The van der Waals surface area contributed by atoms with Crippen molar-refractivity contribution in [1.29, 1.82) is 0 Å². The third kappa shape index (κ3) is 10.1. The van der Waals surface area contributed by atoms with Crippen molar-refractivity contribution in [3.8, 4) is 0 Å². The van der Waals surface area contributed by atoms with Crippen molar-refractivity contribution in [2.24, 2.45) is 0 Å². The van der Waals surface area contributed by atoms with Gasteiger partial charge in [0, 0.05) is 5.56 Å². The van der Waals surface area contributed by atoms with E-state index in [-0.39, 0.29) is 36.3 Å². The number of benzene rings is 1. The summed E-state index contributed by atoms with van der Waals surface area (Å²) in [6.45, 7) is 3.81. The van der Waals surface area contributed by atoms with Gasteiger partial charge in [0.15, 0.2) is 0 Å². The van der Waals surface area contributed by atoms with Gasteiger partial charge in [-0.05, 0) is 6.92 Å². The Morgan fingerprint density at radius 1 is 0.893 bits per heavy atom. The Balaban J connectivity index is 2.17. The molecule has 3 amide bonds. The highest BCUT2D eigenvalue weighted by Crippen LogP contribution is 2.11. The summed E-state index contributed by atoms with van der Waals surface area (Å²) < 4.78 is 4.65. The third-order valence-corrected chi connectivity index (χ3v) is 3.86. The van der Waals surface area contributed by atoms with Crippen LogP contribution in [-0.2, 0) is 23.9 Å². The molecule has 0 saturated heterocycles. The Morgan fingerprint density at radius 2 is 1.43 bits per heavy atom. The first kappa shape index (κ1) is 22.9. The van der Waals surface area contributed by atoms with Gasteiger partial charge in [0.05, 0.1) is 24.6 Å². The average Bonchev–Trinajstić information content (AvgIpc) is 2.67. The van der Waals surface area contributed by atoms with E-state index in [1.165, 1.54) is 6.92 Å². The van der Waals surface area contributed by atoms with E-state index in [0.717, 1.165) is 11.8 Å². The molecule has 0 spiro atoms. The molecule has 3 N–H and O–H groups in total. The molecule has 10 heteroatoms. The fraction of sp³-hybridized carbons (Fsp3) is 0.278. The van der Waals surface area contributed by atoms with Gasteiger partial charge < -0.3 is 20.7 Å². The van der Waals surface area contributed by atoms with Crippen LogP contribution in [0.5, 0.6) is 0 Å². The van der Waals surface area contributed by atoms with E-state index in [1.807, 2.05) is 0 Å². The van der Waals surface area contributed by atoms with Gasteiger partial charge in [-0.3, -0.25) is 19.2 Å². The molecule has 0 aromatic heterocycles. The Hall–Kier alpha value is -3.14. The largest absolute Gasteiger partial charge is 0.431 e. The van der Waals surface area contributed by atoms with Crippen LogP contribution in [0.2, 0.25) is 0 Å². The molecule has 28 heavy (non-hydrogen) atoms. The number of hydrogen-bond acceptors (Lipinski definition) is 7. The molecule has 0 atom stereocenters. The van der Waals surface area contributed by atoms with Crippen LogP contribution in [0, 0.1) is 0 Å². The van der Waals surface area contributed by atoms with E-state index in [9.17, 15) is 24.0 Å². The van der Waals surface area contributed by atoms with Gasteiger partial charge in [-0.25, -0.2) is 4.79 Å². The van der Waals surface area contributed by atoms with Crippen LogP contribution in [0.3, 0.4) is 0 Å². The molecule has 0 aliphatic carbocycles. The molecular formula is C18H21N3O6S. The van der Waals surface area contributed by atoms with Crippen molar-refractivity contribution >= 4 is 40.6 Å². The number of hydrogen-bond donors (Lipinski definition) is 3. The minimum absolute atomic E-state index is 0.133. The van der Waals surface area contributed by atoms with Gasteiger partial charge in [-0.15, -0.1) is 0 Å². The number of carbonyl (C=O) groups is 5.